The van der Waals surface area contributed by atoms with Crippen molar-refractivity contribution in [3.63, 3.8) is 0 Å². The van der Waals surface area contributed by atoms with E-state index in [0.717, 1.165) is 17.6 Å². The summed E-state index contributed by atoms with van der Waals surface area (Å²) in [5.41, 5.74) is 1.98. The third-order valence-electron chi connectivity index (χ3n) is 5.36. The fourth-order valence-electron chi connectivity index (χ4n) is 3.55. The van der Waals surface area contributed by atoms with Crippen molar-refractivity contribution >= 4 is 98.0 Å². The summed E-state index contributed by atoms with van der Waals surface area (Å²) in [5.74, 6) is -0.0131. The molecular weight excluding hydrogens is 759 g/mol. The van der Waals surface area contributed by atoms with E-state index in [-0.39, 0.29) is 12.3 Å². The minimum atomic E-state index is -0.680. The number of nitrogens with one attached hydrogen (secondary N) is 2. The number of amides is 4. The first-order chi connectivity index (χ1) is 18.2. The molecule has 4 amide bonds. The summed E-state index contributed by atoms with van der Waals surface area (Å²) >= 11 is 16.5. The Morgan fingerprint density at radius 3 is 2.47 bits per heavy atom. The van der Waals surface area contributed by atoms with Gasteiger partial charge in [0.2, 0.25) is 5.91 Å². The molecule has 0 aliphatic carbocycles. The average Bonchev–Trinajstić information content (AvgIpc) is 3.12. The van der Waals surface area contributed by atoms with Crippen molar-refractivity contribution in [2.24, 2.45) is 0 Å². The topological polar surface area (TPSA) is 97.0 Å². The van der Waals surface area contributed by atoms with Gasteiger partial charge in [-0.1, -0.05) is 41.4 Å². The molecule has 1 heterocycles. The molecular formula is C26H19Cl2I2N3O5. The van der Waals surface area contributed by atoms with Gasteiger partial charge in [0.05, 0.1) is 19.9 Å². The van der Waals surface area contributed by atoms with Crippen LogP contribution in [0.2, 0.25) is 10.0 Å². The van der Waals surface area contributed by atoms with Crippen LogP contribution in [0.25, 0.3) is 6.08 Å². The molecule has 0 bridgehead atoms. The van der Waals surface area contributed by atoms with Crippen molar-refractivity contribution in [2.45, 2.75) is 6.61 Å². The van der Waals surface area contributed by atoms with Gasteiger partial charge in [-0.05, 0) is 93.2 Å². The Morgan fingerprint density at radius 1 is 1.08 bits per heavy atom. The van der Waals surface area contributed by atoms with Gasteiger partial charge >= 0.3 is 6.03 Å². The molecule has 0 spiro atoms. The number of benzene rings is 3. The Morgan fingerprint density at radius 2 is 1.79 bits per heavy atom. The average molecular weight is 778 g/mol. The highest BCUT2D eigenvalue weighted by atomic mass is 127. The molecule has 12 heteroatoms. The minimum absolute atomic E-state index is 0.0632. The van der Waals surface area contributed by atoms with Crippen LogP contribution in [0, 0.1) is 7.14 Å². The number of carbonyl (C=O) groups excluding carboxylic acids is 3. The number of hydrogen-bond acceptors (Lipinski definition) is 5. The maximum absolute atomic E-state index is 12.9. The van der Waals surface area contributed by atoms with Crippen molar-refractivity contribution in [1.82, 2.24) is 10.2 Å². The number of hydrogen-bond donors (Lipinski definition) is 2. The molecule has 1 saturated heterocycles. The summed E-state index contributed by atoms with van der Waals surface area (Å²) in [6, 6.07) is 15.0. The number of urea groups is 1. The van der Waals surface area contributed by atoms with Crippen molar-refractivity contribution in [1.29, 1.82) is 0 Å². The Hall–Kier alpha value is -2.55. The Kier molecular flexibility index (Phi) is 9.39. The second kappa shape index (κ2) is 12.5. The number of methoxy groups -OCH3 is 1. The van der Waals surface area contributed by atoms with Crippen molar-refractivity contribution in [2.75, 3.05) is 19.0 Å². The van der Waals surface area contributed by atoms with E-state index in [9.17, 15) is 14.4 Å². The fourth-order valence-corrected chi connectivity index (χ4v) is 6.14. The molecule has 1 fully saturated rings. The van der Waals surface area contributed by atoms with Gasteiger partial charge in [0.1, 0.15) is 30.3 Å². The third-order valence-corrected chi connectivity index (χ3v) is 7.55. The maximum atomic E-state index is 12.9. The summed E-state index contributed by atoms with van der Waals surface area (Å²) in [7, 11) is 1.48. The molecule has 1 aliphatic heterocycles. The molecule has 38 heavy (non-hydrogen) atoms. The first kappa shape index (κ1) is 28.5. The van der Waals surface area contributed by atoms with Gasteiger partial charge in [0.15, 0.2) is 0 Å². The zero-order valence-corrected chi connectivity index (χ0v) is 25.5. The van der Waals surface area contributed by atoms with Crippen LogP contribution in [0.1, 0.15) is 11.1 Å². The lowest BCUT2D eigenvalue weighted by molar-refractivity contribution is -0.127. The van der Waals surface area contributed by atoms with Crippen LogP contribution < -0.4 is 20.1 Å². The Labute approximate surface area is 255 Å². The largest absolute Gasteiger partial charge is 0.495 e. The van der Waals surface area contributed by atoms with E-state index in [4.69, 9.17) is 32.7 Å². The third kappa shape index (κ3) is 6.71. The SMILES string of the molecule is COc1ccccc1NC(=O)CN1C(=O)N/C(=C/c2cc(I)c(OCc3ccc(Cl)cc3Cl)c(I)c2)C1=O. The molecule has 1 aliphatic rings. The summed E-state index contributed by atoms with van der Waals surface area (Å²) in [5, 5.41) is 6.25. The van der Waals surface area contributed by atoms with E-state index >= 15 is 0 Å². The zero-order valence-electron chi connectivity index (χ0n) is 19.7. The van der Waals surface area contributed by atoms with Gasteiger partial charge < -0.3 is 20.1 Å². The van der Waals surface area contributed by atoms with Crippen molar-refractivity contribution in [3.8, 4) is 11.5 Å². The second-order valence-electron chi connectivity index (χ2n) is 7.97. The standard InChI is InChI=1S/C26H19Cl2I2N3O5/c1-37-22-5-3-2-4-20(22)31-23(34)12-33-25(35)21(32-26(33)36)10-14-8-18(29)24(19(30)9-14)38-13-15-6-7-16(27)11-17(15)28/h2-11H,12-13H2,1H3,(H,31,34)(H,32,36)/b21-10+. The normalized spacial score (nSPS) is 14.0. The van der Waals surface area contributed by atoms with Gasteiger partial charge in [-0.2, -0.15) is 0 Å². The molecule has 0 atom stereocenters. The molecule has 3 aromatic carbocycles. The molecule has 0 unspecified atom stereocenters. The molecule has 4 rings (SSSR count). The summed E-state index contributed by atoms with van der Waals surface area (Å²) < 4.78 is 12.8. The van der Waals surface area contributed by atoms with Gasteiger partial charge in [-0.3, -0.25) is 9.59 Å². The highest BCUT2D eigenvalue weighted by molar-refractivity contribution is 14.1. The van der Waals surface area contributed by atoms with Crippen LogP contribution in [0.15, 0.2) is 60.3 Å². The fraction of sp³-hybridized carbons (Fsp3) is 0.115. The molecule has 0 radical (unpaired) electrons. The Bertz CT molecular complexity index is 1440. The monoisotopic (exact) mass is 777 g/mol. The van der Waals surface area contributed by atoms with Crippen molar-refractivity contribution < 1.29 is 23.9 Å². The van der Waals surface area contributed by atoms with Gasteiger partial charge in [0, 0.05) is 15.6 Å². The Balaban J connectivity index is 1.45. The van der Waals surface area contributed by atoms with E-state index in [0.29, 0.717) is 32.8 Å². The minimum Gasteiger partial charge on any atom is -0.495 e. The van der Waals surface area contributed by atoms with Crippen molar-refractivity contribution in [3.05, 3.63) is 88.6 Å². The molecule has 8 nitrogen and oxygen atoms in total. The lowest BCUT2D eigenvalue weighted by Gasteiger charge is -2.13. The van der Waals surface area contributed by atoms with Crippen LogP contribution in [-0.4, -0.2) is 36.4 Å². The summed E-state index contributed by atoms with van der Waals surface area (Å²) in [6.07, 6.45) is 1.56. The van der Waals surface area contributed by atoms with Crippen LogP contribution in [0.3, 0.4) is 0 Å². The molecule has 2 N–H and O–H groups in total. The second-order valence-corrected chi connectivity index (χ2v) is 11.1. The van der Waals surface area contributed by atoms with Gasteiger partial charge in [0.25, 0.3) is 5.91 Å². The van der Waals surface area contributed by atoms with E-state index in [1.54, 1.807) is 48.5 Å². The molecule has 196 valence electrons. The van der Waals surface area contributed by atoms with Gasteiger partial charge in [-0.15, -0.1) is 0 Å². The van der Waals surface area contributed by atoms with E-state index < -0.39 is 24.4 Å². The van der Waals surface area contributed by atoms with E-state index in [1.165, 1.54) is 7.11 Å². The van der Waals surface area contributed by atoms with Crippen LogP contribution in [0.5, 0.6) is 11.5 Å². The predicted octanol–water partition coefficient (Wildman–Crippen LogP) is 6.32. The number of ether oxygens (including phenoxy) is 2. The smallest absolute Gasteiger partial charge is 0.329 e. The number of anilines is 1. The van der Waals surface area contributed by atoms with Gasteiger partial charge in [-0.25, -0.2) is 9.69 Å². The molecule has 3 aromatic rings. The zero-order chi connectivity index (χ0) is 27.4. The van der Waals surface area contributed by atoms with Crippen LogP contribution in [-0.2, 0) is 16.2 Å². The van der Waals surface area contributed by atoms with Crippen LogP contribution >= 0.6 is 68.4 Å². The number of nitrogens with zero attached hydrogens (tertiary/aromatic N) is 1. The first-order valence-electron chi connectivity index (χ1n) is 11.0. The summed E-state index contributed by atoms with van der Waals surface area (Å²) in [4.78, 5) is 38.7. The lowest BCUT2D eigenvalue weighted by Crippen LogP contribution is -2.38. The highest BCUT2D eigenvalue weighted by Crippen LogP contribution is 2.32. The maximum Gasteiger partial charge on any atom is 0.329 e. The number of rotatable bonds is 8. The van der Waals surface area contributed by atoms with Crippen LogP contribution in [0.4, 0.5) is 10.5 Å². The van der Waals surface area contributed by atoms with E-state index in [2.05, 4.69) is 55.8 Å². The van der Waals surface area contributed by atoms with E-state index in [1.807, 2.05) is 12.1 Å². The number of carbonyl (C=O) groups is 3. The predicted molar refractivity (Wildman–Crippen MR) is 163 cm³/mol. The lowest BCUT2D eigenvalue weighted by atomic mass is 10.2. The molecule has 0 saturated carbocycles. The molecule has 0 aromatic heterocycles. The highest BCUT2D eigenvalue weighted by Gasteiger charge is 2.35. The number of halogens is 4. The quantitative estimate of drug-likeness (QED) is 0.159. The number of imide groups is 1. The number of para-hydroxylation sites is 2. The summed E-state index contributed by atoms with van der Waals surface area (Å²) in [6.45, 7) is -0.196. The first-order valence-corrected chi connectivity index (χ1v) is 13.9.